The van der Waals surface area contributed by atoms with E-state index in [9.17, 15) is 22.0 Å². The van der Waals surface area contributed by atoms with Crippen molar-refractivity contribution in [3.8, 4) is 0 Å². The number of benzene rings is 1. The van der Waals surface area contributed by atoms with Crippen LogP contribution in [0.2, 0.25) is 0 Å². The van der Waals surface area contributed by atoms with Gasteiger partial charge in [0, 0.05) is 5.38 Å². The van der Waals surface area contributed by atoms with Gasteiger partial charge in [-0.05, 0) is 18.6 Å². The minimum Gasteiger partial charge on any atom is -0.382 e. The van der Waals surface area contributed by atoms with Crippen molar-refractivity contribution in [3.63, 3.8) is 0 Å². The summed E-state index contributed by atoms with van der Waals surface area (Å²) < 4.78 is 55.0. The van der Waals surface area contributed by atoms with E-state index in [4.69, 9.17) is 5.73 Å². The lowest BCUT2D eigenvalue weighted by atomic mass is 10.2. The molecule has 0 bridgehead atoms. The third kappa shape index (κ3) is 3.87. The molecule has 0 aliphatic heterocycles. The van der Waals surface area contributed by atoms with Crippen LogP contribution in [0.15, 0.2) is 23.8 Å². The molecule has 4 N–H and O–H groups in total. The number of hydrogen-bond donors (Lipinski definition) is 3. The van der Waals surface area contributed by atoms with E-state index in [1.165, 1.54) is 11.7 Å². The average molecular weight is 427 g/mol. The molecule has 3 rings (SSSR count). The predicted octanol–water partition coefficient (Wildman–Crippen LogP) is 2.96. The number of thiophene rings is 1. The number of carbonyl (C=O) groups excluding carboxylic acids is 1. The first-order chi connectivity index (χ1) is 13.2. The van der Waals surface area contributed by atoms with Crippen molar-refractivity contribution < 1.29 is 22.0 Å². The van der Waals surface area contributed by atoms with Crippen LogP contribution in [0.1, 0.15) is 23.7 Å². The summed E-state index contributed by atoms with van der Waals surface area (Å²) in [4.78, 5) is 20.3. The number of nitrogen functional groups attached to an aromatic ring is 1. The molecule has 0 aliphatic carbocycles. The summed E-state index contributed by atoms with van der Waals surface area (Å²) in [6, 6.07) is 1.80. The number of amides is 1. The van der Waals surface area contributed by atoms with E-state index in [1.54, 1.807) is 6.92 Å². The van der Waals surface area contributed by atoms with Gasteiger partial charge in [0.15, 0.2) is 5.82 Å². The van der Waals surface area contributed by atoms with Crippen LogP contribution in [0.5, 0.6) is 0 Å². The maximum Gasteiger partial charge on any atom is 0.258 e. The van der Waals surface area contributed by atoms with Crippen LogP contribution in [-0.2, 0) is 10.0 Å². The molecule has 28 heavy (non-hydrogen) atoms. The number of halogens is 2. The molecule has 8 nitrogen and oxygen atoms in total. The van der Waals surface area contributed by atoms with Crippen LogP contribution in [0.3, 0.4) is 0 Å². The number of nitrogens with two attached hydrogens (primary N) is 1. The number of anilines is 3. The second kappa shape index (κ2) is 7.64. The van der Waals surface area contributed by atoms with Crippen LogP contribution in [-0.4, -0.2) is 30.0 Å². The van der Waals surface area contributed by atoms with Gasteiger partial charge in [-0.3, -0.25) is 9.52 Å². The normalized spacial score (nSPS) is 11.5. The summed E-state index contributed by atoms with van der Waals surface area (Å²) in [6.45, 7) is 1.65. The molecule has 2 heterocycles. The molecule has 0 unspecified atom stereocenters. The number of rotatable bonds is 6. The Bertz CT molecular complexity index is 1160. The van der Waals surface area contributed by atoms with Gasteiger partial charge in [0.1, 0.15) is 23.6 Å². The molecule has 2 aromatic heterocycles. The molecule has 0 saturated heterocycles. The highest BCUT2D eigenvalue weighted by Gasteiger charge is 2.22. The maximum atomic E-state index is 14.7. The molecule has 12 heteroatoms. The van der Waals surface area contributed by atoms with Gasteiger partial charge >= 0.3 is 0 Å². The first-order valence-electron chi connectivity index (χ1n) is 8.01. The molecule has 0 atom stereocenters. The van der Waals surface area contributed by atoms with Gasteiger partial charge < -0.3 is 11.1 Å². The third-order valence-corrected chi connectivity index (χ3v) is 6.16. The van der Waals surface area contributed by atoms with Crippen LogP contribution in [0, 0.1) is 11.6 Å². The van der Waals surface area contributed by atoms with E-state index in [2.05, 4.69) is 15.3 Å². The van der Waals surface area contributed by atoms with Crippen molar-refractivity contribution in [3.05, 3.63) is 41.0 Å². The summed E-state index contributed by atoms with van der Waals surface area (Å²) in [7, 11) is -3.80. The van der Waals surface area contributed by atoms with Gasteiger partial charge in [0.05, 0.1) is 27.2 Å². The summed E-state index contributed by atoms with van der Waals surface area (Å²) in [6.07, 6.45) is 1.49. The van der Waals surface area contributed by atoms with E-state index in [-0.39, 0.29) is 22.7 Å². The number of aromatic nitrogens is 2. The minimum absolute atomic E-state index is 0.0601. The zero-order chi connectivity index (χ0) is 20.5. The number of carbonyl (C=O) groups is 1. The molecule has 0 fully saturated rings. The van der Waals surface area contributed by atoms with Crippen LogP contribution in [0.4, 0.5) is 26.0 Å². The van der Waals surface area contributed by atoms with E-state index >= 15 is 0 Å². The number of nitrogens with zero attached hydrogens (tertiary/aromatic N) is 2. The highest BCUT2D eigenvalue weighted by atomic mass is 32.2. The average Bonchev–Trinajstić information content (AvgIpc) is 3.06. The van der Waals surface area contributed by atoms with Gasteiger partial charge in [0.2, 0.25) is 10.0 Å². The SMILES string of the molecule is CCCS(=O)(=O)Nc1ccc(F)c(NC(=O)c2csc3c(N)ncnc23)c1F. The standard InChI is InChI=1S/C16H15F2N5O3S2/c1-2-5-28(25,26)23-10-4-3-9(17)13(11(10)18)22-16(24)8-6-27-14-12(8)20-7-21-15(14)19/h3-4,6-7,23H,2,5H2,1H3,(H,22,24)(H2,19,20,21). The highest BCUT2D eigenvalue weighted by Crippen LogP contribution is 2.30. The van der Waals surface area contributed by atoms with E-state index in [0.717, 1.165) is 23.5 Å². The second-order valence-electron chi connectivity index (χ2n) is 5.75. The van der Waals surface area contributed by atoms with Crippen molar-refractivity contribution >= 4 is 54.7 Å². The summed E-state index contributed by atoms with van der Waals surface area (Å²) in [5, 5.41) is 3.57. The molecule has 0 saturated carbocycles. The lowest BCUT2D eigenvalue weighted by Crippen LogP contribution is -2.19. The Morgan fingerprint density at radius 2 is 2.04 bits per heavy atom. The predicted molar refractivity (Wildman–Crippen MR) is 104 cm³/mol. The lowest BCUT2D eigenvalue weighted by molar-refractivity contribution is 0.102. The van der Waals surface area contributed by atoms with Gasteiger partial charge in [-0.25, -0.2) is 27.2 Å². The van der Waals surface area contributed by atoms with Crippen LogP contribution < -0.4 is 15.8 Å². The molecule has 0 radical (unpaired) electrons. The fourth-order valence-corrected chi connectivity index (χ4v) is 4.48. The monoisotopic (exact) mass is 427 g/mol. The Labute approximate surface area is 162 Å². The largest absolute Gasteiger partial charge is 0.382 e. The first kappa shape index (κ1) is 19.9. The Hall–Kier alpha value is -2.86. The number of fused-ring (bicyclic) bond motifs is 1. The minimum atomic E-state index is -3.80. The fraction of sp³-hybridized carbons (Fsp3) is 0.188. The number of hydrogen-bond acceptors (Lipinski definition) is 7. The molecule has 1 amide bonds. The molecule has 1 aromatic carbocycles. The molecule has 148 valence electrons. The van der Waals surface area contributed by atoms with Crippen molar-refractivity contribution in [1.82, 2.24) is 9.97 Å². The number of nitrogens with one attached hydrogen (secondary N) is 2. The Kier molecular flexibility index (Phi) is 5.42. The van der Waals surface area contributed by atoms with Crippen molar-refractivity contribution in [1.29, 1.82) is 0 Å². The Morgan fingerprint density at radius 3 is 2.75 bits per heavy atom. The van der Waals surface area contributed by atoms with Crippen LogP contribution in [0.25, 0.3) is 10.2 Å². The molecular formula is C16H15F2N5O3S2. The van der Waals surface area contributed by atoms with Crippen molar-refractivity contribution in [2.45, 2.75) is 13.3 Å². The van der Waals surface area contributed by atoms with Gasteiger partial charge in [-0.2, -0.15) is 0 Å². The Balaban J connectivity index is 1.94. The van der Waals surface area contributed by atoms with Gasteiger partial charge in [0.25, 0.3) is 5.91 Å². The zero-order valence-electron chi connectivity index (χ0n) is 14.5. The highest BCUT2D eigenvalue weighted by molar-refractivity contribution is 7.92. The molecule has 0 aliphatic rings. The fourth-order valence-electron chi connectivity index (χ4n) is 2.44. The van der Waals surface area contributed by atoms with Crippen LogP contribution >= 0.6 is 11.3 Å². The summed E-state index contributed by atoms with van der Waals surface area (Å²) in [5.41, 5.74) is 4.78. The molecular weight excluding hydrogens is 412 g/mol. The smallest absolute Gasteiger partial charge is 0.258 e. The quantitative estimate of drug-likeness (QED) is 0.555. The third-order valence-electron chi connectivity index (χ3n) is 3.69. The van der Waals surface area contributed by atoms with Gasteiger partial charge in [-0.1, -0.05) is 6.92 Å². The molecule has 3 aromatic rings. The van der Waals surface area contributed by atoms with E-state index < -0.39 is 38.9 Å². The second-order valence-corrected chi connectivity index (χ2v) is 8.47. The van der Waals surface area contributed by atoms with E-state index in [1.807, 2.05) is 4.72 Å². The van der Waals surface area contributed by atoms with Crippen molar-refractivity contribution in [2.24, 2.45) is 0 Å². The summed E-state index contributed by atoms with van der Waals surface area (Å²) >= 11 is 1.11. The Morgan fingerprint density at radius 1 is 1.29 bits per heavy atom. The first-order valence-corrected chi connectivity index (χ1v) is 10.5. The van der Waals surface area contributed by atoms with Crippen molar-refractivity contribution in [2.75, 3.05) is 21.5 Å². The summed E-state index contributed by atoms with van der Waals surface area (Å²) in [5.74, 6) is -3.16. The zero-order valence-corrected chi connectivity index (χ0v) is 16.1. The number of sulfonamides is 1. The maximum absolute atomic E-state index is 14.7. The van der Waals surface area contributed by atoms with Gasteiger partial charge in [-0.15, -0.1) is 11.3 Å². The molecule has 0 spiro atoms. The lowest BCUT2D eigenvalue weighted by Gasteiger charge is -2.12. The van der Waals surface area contributed by atoms with E-state index in [0.29, 0.717) is 11.1 Å². The topological polar surface area (TPSA) is 127 Å².